The Hall–Kier alpha value is -3.36. The zero-order valence-corrected chi connectivity index (χ0v) is 21.6. The fourth-order valence-corrected chi connectivity index (χ4v) is 6.58. The number of hydrogen-bond donors (Lipinski definition) is 3. The Kier molecular flexibility index (Phi) is 7.96. The number of nitrogens with two attached hydrogens (primary N) is 1. The van der Waals surface area contributed by atoms with E-state index in [1.165, 1.54) is 34.5 Å². The number of pyridine rings is 1. The first-order valence-electron chi connectivity index (χ1n) is 10.6. The lowest BCUT2D eigenvalue weighted by atomic mass is 9.94. The van der Waals surface area contributed by atoms with Crippen molar-refractivity contribution in [2.75, 3.05) is 23.8 Å². The Balaban J connectivity index is 1.50. The van der Waals surface area contributed by atoms with Crippen LogP contribution in [0.25, 0.3) is 0 Å². The van der Waals surface area contributed by atoms with Gasteiger partial charge in [0.1, 0.15) is 31.1 Å². The number of amides is 2. The molecule has 1 saturated heterocycles. The number of β-lactam (4-membered cyclic amide) rings is 1. The fraction of sp³-hybridized carbons (Fsp3) is 0.273. The molecule has 2 atom stereocenters. The summed E-state index contributed by atoms with van der Waals surface area (Å²) in [6, 6.07) is 4.35. The van der Waals surface area contributed by atoms with Gasteiger partial charge in [-0.2, -0.15) is 4.57 Å². The molecule has 188 valence electrons. The van der Waals surface area contributed by atoms with Gasteiger partial charge in [0.05, 0.1) is 6.04 Å². The van der Waals surface area contributed by atoms with E-state index in [4.69, 9.17) is 10.6 Å². The van der Waals surface area contributed by atoms with Crippen molar-refractivity contribution in [3.63, 3.8) is 0 Å². The van der Waals surface area contributed by atoms with Crippen molar-refractivity contribution in [1.82, 2.24) is 15.2 Å². The van der Waals surface area contributed by atoms with Gasteiger partial charge in [-0.15, -0.1) is 23.1 Å². The molecule has 2 amide bonds. The predicted molar refractivity (Wildman–Crippen MR) is 137 cm³/mol. The second kappa shape index (κ2) is 11.1. The fourth-order valence-electron chi connectivity index (χ4n) is 3.63. The van der Waals surface area contributed by atoms with Crippen LogP contribution >= 0.6 is 34.9 Å². The van der Waals surface area contributed by atoms with Gasteiger partial charge in [0, 0.05) is 33.9 Å². The molecule has 4 N–H and O–H groups in total. The minimum absolute atomic E-state index is 0.0479. The number of nitrogen functional groups attached to an aromatic ring is 1. The number of hydrogen-bond acceptors (Lipinski definition) is 10. The molecule has 1 fully saturated rings. The Bertz CT molecular complexity index is 1280. The quantitative estimate of drug-likeness (QED) is 0.0752. The van der Waals surface area contributed by atoms with E-state index in [0.29, 0.717) is 16.4 Å². The first kappa shape index (κ1) is 25.7. The standard InChI is InChI=1S/C22H22N6O5S3/c1-3-8-33-26-16(12-9-36-22(23)24-12)19(29)25-17-13-10-34-14(18(21(31)32)28(13)20(17)30)11-35-15-6-4-5-7-27(15)2/h3-7,9,13,17H,1,8,10-11H2,2H3,(H3-,23,24,25,29,31,32)/p+1. The highest BCUT2D eigenvalue weighted by Gasteiger charge is 2.54. The van der Waals surface area contributed by atoms with Gasteiger partial charge in [-0.3, -0.25) is 14.5 Å². The lowest BCUT2D eigenvalue weighted by molar-refractivity contribution is -0.708. The number of fused-ring (bicyclic) bond motifs is 1. The van der Waals surface area contributed by atoms with Gasteiger partial charge in [-0.1, -0.05) is 29.6 Å². The number of aromatic nitrogens is 2. The molecular weight excluding hydrogens is 524 g/mol. The molecule has 11 nitrogen and oxygen atoms in total. The number of oxime groups is 1. The summed E-state index contributed by atoms with van der Waals surface area (Å²) in [7, 11) is 1.91. The Morgan fingerprint density at radius 2 is 2.31 bits per heavy atom. The van der Waals surface area contributed by atoms with Crippen molar-refractivity contribution in [1.29, 1.82) is 0 Å². The number of nitrogens with zero attached hydrogens (tertiary/aromatic N) is 4. The Morgan fingerprint density at radius 1 is 1.50 bits per heavy atom. The number of anilines is 1. The van der Waals surface area contributed by atoms with E-state index in [0.717, 1.165) is 16.4 Å². The van der Waals surface area contributed by atoms with Gasteiger partial charge in [0.25, 0.3) is 11.8 Å². The van der Waals surface area contributed by atoms with Crippen molar-refractivity contribution in [3.8, 4) is 0 Å². The number of carboxylic acid groups (broad SMARTS) is 1. The van der Waals surface area contributed by atoms with Crippen LogP contribution in [0.4, 0.5) is 5.13 Å². The minimum atomic E-state index is -1.18. The SMILES string of the molecule is C=CCON=C(C(=O)NC1C(=O)N2C(C(=O)O)=C(CSc3cccc[n+]3C)SCC12)c1csc(N)n1. The van der Waals surface area contributed by atoms with Crippen LogP contribution in [0.2, 0.25) is 0 Å². The first-order chi connectivity index (χ1) is 17.3. The van der Waals surface area contributed by atoms with Gasteiger partial charge in [-0.05, 0) is 6.07 Å². The molecule has 0 spiro atoms. The molecule has 4 rings (SSSR count). The van der Waals surface area contributed by atoms with Crippen LogP contribution in [-0.4, -0.2) is 68.7 Å². The molecule has 0 aromatic carbocycles. The summed E-state index contributed by atoms with van der Waals surface area (Å²) in [4.78, 5) is 49.2. The van der Waals surface area contributed by atoms with E-state index in [-0.39, 0.29) is 28.8 Å². The van der Waals surface area contributed by atoms with Gasteiger partial charge < -0.3 is 21.0 Å². The second-order valence-corrected chi connectivity index (χ2v) is 10.6. The summed E-state index contributed by atoms with van der Waals surface area (Å²) in [5.74, 6) is -1.52. The Labute approximate surface area is 219 Å². The monoisotopic (exact) mass is 547 g/mol. The molecule has 0 aliphatic carbocycles. The first-order valence-corrected chi connectivity index (χ1v) is 13.5. The van der Waals surface area contributed by atoms with E-state index < -0.39 is 29.9 Å². The Morgan fingerprint density at radius 3 is 2.97 bits per heavy atom. The van der Waals surface area contributed by atoms with Crippen LogP contribution in [0.3, 0.4) is 0 Å². The number of aliphatic carboxylic acids is 1. The summed E-state index contributed by atoms with van der Waals surface area (Å²) in [6.07, 6.45) is 3.37. The van der Waals surface area contributed by atoms with Crippen LogP contribution in [0, 0.1) is 0 Å². The van der Waals surface area contributed by atoms with Crippen LogP contribution < -0.4 is 15.6 Å². The third kappa shape index (κ3) is 5.24. The zero-order valence-electron chi connectivity index (χ0n) is 19.1. The average molecular weight is 548 g/mol. The smallest absolute Gasteiger partial charge is 0.353 e. The number of rotatable bonds is 10. The molecule has 14 heteroatoms. The minimum Gasteiger partial charge on any atom is -0.477 e. The van der Waals surface area contributed by atoms with Gasteiger partial charge in [0.2, 0.25) is 5.03 Å². The maximum atomic E-state index is 13.0. The third-order valence-corrected chi connectivity index (χ3v) is 8.53. The normalized spacial score (nSPS) is 19.4. The van der Waals surface area contributed by atoms with E-state index in [9.17, 15) is 19.5 Å². The molecule has 2 aromatic rings. The maximum Gasteiger partial charge on any atom is 0.353 e. The predicted octanol–water partition coefficient (Wildman–Crippen LogP) is 0.987. The summed E-state index contributed by atoms with van der Waals surface area (Å²) in [5, 5.41) is 19.2. The molecule has 2 aliphatic rings. The van der Waals surface area contributed by atoms with Gasteiger partial charge >= 0.3 is 5.97 Å². The van der Waals surface area contributed by atoms with Crippen LogP contribution in [0.5, 0.6) is 0 Å². The summed E-state index contributed by atoms with van der Waals surface area (Å²) in [5.41, 5.74) is 5.71. The zero-order chi connectivity index (χ0) is 25.8. The van der Waals surface area contributed by atoms with E-state index in [2.05, 4.69) is 22.0 Å². The second-order valence-electron chi connectivity index (χ2n) is 7.65. The summed E-state index contributed by atoms with van der Waals surface area (Å²) in [6.45, 7) is 3.60. The molecular formula is C22H23N6O5S3+. The summed E-state index contributed by atoms with van der Waals surface area (Å²) >= 11 is 4.00. The highest BCUT2D eigenvalue weighted by molar-refractivity contribution is 8.06. The van der Waals surface area contributed by atoms with Gasteiger partial charge in [0.15, 0.2) is 17.0 Å². The molecule has 4 heterocycles. The van der Waals surface area contributed by atoms with Crippen molar-refractivity contribution in [2.45, 2.75) is 17.1 Å². The topological polar surface area (TPSA) is 151 Å². The van der Waals surface area contributed by atoms with Crippen LogP contribution in [-0.2, 0) is 26.3 Å². The van der Waals surface area contributed by atoms with Crippen molar-refractivity contribution in [3.05, 3.63) is 58.7 Å². The van der Waals surface area contributed by atoms with E-state index in [1.54, 1.807) is 5.38 Å². The van der Waals surface area contributed by atoms with Crippen LogP contribution in [0.15, 0.2) is 63.2 Å². The number of nitrogens with one attached hydrogen (secondary N) is 1. The highest BCUT2D eigenvalue weighted by Crippen LogP contribution is 2.40. The number of carbonyl (C=O) groups is 3. The van der Waals surface area contributed by atoms with Crippen molar-refractivity contribution >= 4 is 63.5 Å². The maximum absolute atomic E-state index is 13.0. The number of carboxylic acids is 1. The highest BCUT2D eigenvalue weighted by atomic mass is 32.2. The molecule has 2 aromatic heterocycles. The lowest BCUT2D eigenvalue weighted by Crippen LogP contribution is -2.73. The van der Waals surface area contributed by atoms with E-state index in [1.807, 2.05) is 36.0 Å². The van der Waals surface area contributed by atoms with Crippen molar-refractivity contribution < 1.29 is 28.9 Å². The number of aryl methyl sites for hydroxylation is 1. The average Bonchev–Trinajstić information content (AvgIpc) is 3.29. The van der Waals surface area contributed by atoms with E-state index >= 15 is 0 Å². The lowest BCUT2D eigenvalue weighted by Gasteiger charge is -2.49. The van der Waals surface area contributed by atoms with Crippen LogP contribution in [0.1, 0.15) is 5.69 Å². The molecule has 0 radical (unpaired) electrons. The summed E-state index contributed by atoms with van der Waals surface area (Å²) < 4.78 is 1.94. The number of thiazole rings is 1. The van der Waals surface area contributed by atoms with Crippen molar-refractivity contribution in [2.24, 2.45) is 12.2 Å². The molecule has 2 unspecified atom stereocenters. The molecule has 36 heavy (non-hydrogen) atoms. The number of carbonyl (C=O) groups excluding carboxylic acids is 2. The van der Waals surface area contributed by atoms with Gasteiger partial charge in [-0.25, -0.2) is 9.78 Å². The molecule has 0 saturated carbocycles. The molecule has 2 aliphatic heterocycles. The largest absolute Gasteiger partial charge is 0.477 e. The third-order valence-electron chi connectivity index (χ3n) is 5.33. The number of thioether (sulfide) groups is 2. The molecule has 0 bridgehead atoms.